The maximum Gasteiger partial charge on any atom is 0.319 e. The van der Waals surface area contributed by atoms with E-state index in [1.807, 2.05) is 0 Å². The molecule has 0 aromatic carbocycles. The van der Waals surface area contributed by atoms with Crippen LogP contribution in [0, 0.1) is 16.7 Å². The van der Waals surface area contributed by atoms with Gasteiger partial charge in [0.1, 0.15) is 11.2 Å². The summed E-state index contributed by atoms with van der Waals surface area (Å²) in [5.74, 6) is 0.0442. The van der Waals surface area contributed by atoms with E-state index in [9.17, 15) is 9.59 Å². The van der Waals surface area contributed by atoms with E-state index in [0.717, 1.165) is 25.7 Å². The summed E-state index contributed by atoms with van der Waals surface area (Å²) in [6, 6.07) is 0. The van der Waals surface area contributed by atoms with Crippen molar-refractivity contribution in [3.63, 3.8) is 0 Å². The summed E-state index contributed by atoms with van der Waals surface area (Å²) >= 11 is 0. The molecule has 0 aromatic heterocycles. The number of carbonyl (C=O) groups is 2. The highest BCUT2D eigenvalue weighted by Gasteiger charge is 2.45. The first kappa shape index (κ1) is 19.9. The third-order valence-electron chi connectivity index (χ3n) is 6.83. The van der Waals surface area contributed by atoms with Gasteiger partial charge in [-0.2, -0.15) is 0 Å². The zero-order valence-corrected chi connectivity index (χ0v) is 16.8. The summed E-state index contributed by atoms with van der Waals surface area (Å²) < 4.78 is 5.65. The molecule has 140 valence electrons. The van der Waals surface area contributed by atoms with Gasteiger partial charge in [-0.05, 0) is 58.3 Å². The minimum Gasteiger partial charge on any atom is -0.465 e. The Morgan fingerprint density at radius 1 is 1.12 bits per heavy atom. The molecule has 1 atom stereocenters. The molecule has 1 fully saturated rings. The summed E-state index contributed by atoms with van der Waals surface area (Å²) in [7, 11) is 0. The largest absolute Gasteiger partial charge is 0.465 e. The van der Waals surface area contributed by atoms with Crippen molar-refractivity contribution in [2.45, 2.75) is 80.1 Å². The molecule has 1 saturated carbocycles. The van der Waals surface area contributed by atoms with Crippen molar-refractivity contribution in [1.29, 1.82) is 0 Å². The van der Waals surface area contributed by atoms with Crippen LogP contribution in [0.3, 0.4) is 0 Å². The van der Waals surface area contributed by atoms with Gasteiger partial charge in [0.15, 0.2) is 0 Å². The lowest BCUT2D eigenvalue weighted by molar-refractivity contribution is -0.162. The highest BCUT2D eigenvalue weighted by Crippen LogP contribution is 2.46. The molecular formula is C22H34O3. The van der Waals surface area contributed by atoms with Crippen LogP contribution in [-0.4, -0.2) is 18.4 Å². The molecule has 3 nitrogen and oxygen atoms in total. The molecular weight excluding hydrogens is 312 g/mol. The number of carbonyl (C=O) groups excluding carboxylic acids is 2. The second kappa shape index (κ2) is 7.47. The van der Waals surface area contributed by atoms with Crippen LogP contribution in [0.2, 0.25) is 0 Å². The third kappa shape index (κ3) is 3.75. The molecule has 0 aliphatic heterocycles. The number of hydrogen-bond acceptors (Lipinski definition) is 3. The van der Waals surface area contributed by atoms with Crippen LogP contribution in [0.4, 0.5) is 0 Å². The van der Waals surface area contributed by atoms with Crippen LogP contribution in [0.25, 0.3) is 0 Å². The lowest BCUT2D eigenvalue weighted by Crippen LogP contribution is -2.41. The van der Waals surface area contributed by atoms with E-state index in [1.54, 1.807) is 6.92 Å². The molecule has 2 rings (SSSR count). The molecule has 2 aliphatic carbocycles. The van der Waals surface area contributed by atoms with Crippen LogP contribution < -0.4 is 0 Å². The standard InChI is InChI=1S/C22H34O3/c1-15-14-16(2)19(21(5,6)17(15)3)10-13-25-20(24)22(18(4)23)11-8-7-9-12-22/h14,19H,7-13H2,1-6H3. The van der Waals surface area contributed by atoms with Crippen molar-refractivity contribution in [2.75, 3.05) is 6.61 Å². The van der Waals surface area contributed by atoms with E-state index < -0.39 is 5.41 Å². The molecule has 25 heavy (non-hydrogen) atoms. The molecule has 0 bridgehead atoms. The van der Waals surface area contributed by atoms with Gasteiger partial charge in [0.25, 0.3) is 0 Å². The molecule has 0 amide bonds. The summed E-state index contributed by atoms with van der Waals surface area (Å²) in [6.45, 7) is 13.0. The van der Waals surface area contributed by atoms with E-state index in [0.29, 0.717) is 25.4 Å². The Morgan fingerprint density at radius 3 is 2.28 bits per heavy atom. The molecule has 0 heterocycles. The van der Waals surface area contributed by atoms with Crippen molar-refractivity contribution in [3.05, 3.63) is 22.8 Å². The van der Waals surface area contributed by atoms with Crippen LogP contribution in [0.15, 0.2) is 22.8 Å². The van der Waals surface area contributed by atoms with Crippen LogP contribution >= 0.6 is 0 Å². The van der Waals surface area contributed by atoms with E-state index in [1.165, 1.54) is 16.7 Å². The fraction of sp³-hybridized carbons (Fsp3) is 0.727. The average molecular weight is 347 g/mol. The lowest BCUT2D eigenvalue weighted by Gasteiger charge is -2.40. The minimum atomic E-state index is -0.877. The first-order valence-electron chi connectivity index (χ1n) is 9.67. The lowest BCUT2D eigenvalue weighted by atomic mass is 9.65. The van der Waals surface area contributed by atoms with Crippen LogP contribution in [0.5, 0.6) is 0 Å². The molecule has 2 aliphatic rings. The highest BCUT2D eigenvalue weighted by molar-refractivity contribution is 6.02. The predicted octanol–water partition coefficient (Wildman–Crippen LogP) is 5.40. The molecule has 0 N–H and O–H groups in total. The Bertz CT molecular complexity index is 601. The Morgan fingerprint density at radius 2 is 1.72 bits per heavy atom. The molecule has 0 aromatic rings. The van der Waals surface area contributed by atoms with E-state index >= 15 is 0 Å². The first-order chi connectivity index (χ1) is 11.6. The maximum atomic E-state index is 12.7. The zero-order chi connectivity index (χ0) is 18.8. The Hall–Kier alpha value is -1.38. The first-order valence-corrected chi connectivity index (χ1v) is 9.67. The van der Waals surface area contributed by atoms with Crippen molar-refractivity contribution < 1.29 is 14.3 Å². The minimum absolute atomic E-state index is 0.0272. The van der Waals surface area contributed by atoms with Gasteiger partial charge in [-0.25, -0.2) is 0 Å². The summed E-state index contributed by atoms with van der Waals surface area (Å²) in [5.41, 5.74) is 3.29. The fourth-order valence-corrected chi connectivity index (χ4v) is 4.74. The number of rotatable bonds is 5. The second-order valence-electron chi connectivity index (χ2n) is 8.59. The zero-order valence-electron chi connectivity index (χ0n) is 16.8. The number of esters is 1. The molecule has 0 saturated heterocycles. The van der Waals surface area contributed by atoms with Crippen molar-refractivity contribution in [2.24, 2.45) is 16.7 Å². The average Bonchev–Trinajstić information content (AvgIpc) is 2.56. The number of ketones is 1. The Kier molecular flexibility index (Phi) is 5.96. The summed E-state index contributed by atoms with van der Waals surface area (Å²) in [6.07, 6.45) is 7.34. The van der Waals surface area contributed by atoms with Crippen molar-refractivity contribution in [3.8, 4) is 0 Å². The molecule has 3 heteroatoms. The summed E-state index contributed by atoms with van der Waals surface area (Å²) in [4.78, 5) is 24.8. The molecule has 0 radical (unpaired) electrons. The summed E-state index contributed by atoms with van der Waals surface area (Å²) in [5, 5.41) is 0. The Balaban J connectivity index is 2.01. The topological polar surface area (TPSA) is 43.4 Å². The SMILES string of the molecule is CC(=O)C1(C(=O)OCCC2C(C)=CC(C)=C(C)C2(C)C)CCCCC1. The van der Waals surface area contributed by atoms with Crippen molar-refractivity contribution in [1.82, 2.24) is 0 Å². The number of allylic oxidation sites excluding steroid dienone is 4. The van der Waals surface area contributed by atoms with Gasteiger partial charge < -0.3 is 4.74 Å². The quantitative estimate of drug-likeness (QED) is 0.494. The molecule has 1 unspecified atom stereocenters. The third-order valence-corrected chi connectivity index (χ3v) is 6.83. The smallest absolute Gasteiger partial charge is 0.319 e. The maximum absolute atomic E-state index is 12.7. The normalized spacial score (nSPS) is 25.4. The van der Waals surface area contributed by atoms with Gasteiger partial charge in [-0.3, -0.25) is 9.59 Å². The molecule has 0 spiro atoms. The number of Topliss-reactive ketones (excluding diaryl/α,β-unsaturated/α-hetero) is 1. The van der Waals surface area contributed by atoms with Gasteiger partial charge in [0, 0.05) is 0 Å². The van der Waals surface area contributed by atoms with Gasteiger partial charge in [-0.1, -0.05) is 55.9 Å². The van der Waals surface area contributed by atoms with Gasteiger partial charge >= 0.3 is 5.97 Å². The fourth-order valence-electron chi connectivity index (χ4n) is 4.74. The monoisotopic (exact) mass is 346 g/mol. The van der Waals surface area contributed by atoms with Gasteiger partial charge in [-0.15, -0.1) is 0 Å². The van der Waals surface area contributed by atoms with Crippen LogP contribution in [0.1, 0.15) is 80.1 Å². The van der Waals surface area contributed by atoms with E-state index in [4.69, 9.17) is 4.74 Å². The van der Waals surface area contributed by atoms with Crippen LogP contribution in [-0.2, 0) is 14.3 Å². The van der Waals surface area contributed by atoms with Crippen molar-refractivity contribution >= 4 is 11.8 Å². The predicted molar refractivity (Wildman–Crippen MR) is 101 cm³/mol. The van der Waals surface area contributed by atoms with Gasteiger partial charge in [0.2, 0.25) is 0 Å². The van der Waals surface area contributed by atoms with E-state index in [-0.39, 0.29) is 17.2 Å². The number of ether oxygens (including phenoxy) is 1. The van der Waals surface area contributed by atoms with Gasteiger partial charge in [0.05, 0.1) is 6.61 Å². The van der Waals surface area contributed by atoms with E-state index in [2.05, 4.69) is 40.7 Å². The Labute approximate surface area is 152 Å². The second-order valence-corrected chi connectivity index (χ2v) is 8.59. The number of hydrogen-bond donors (Lipinski definition) is 0. The highest BCUT2D eigenvalue weighted by atomic mass is 16.5.